The molecule has 1 aliphatic heterocycles. The lowest BCUT2D eigenvalue weighted by Crippen LogP contribution is -2.52. The van der Waals surface area contributed by atoms with Crippen LogP contribution in [0.2, 0.25) is 0 Å². The summed E-state index contributed by atoms with van der Waals surface area (Å²) in [7, 11) is -0.903. The third-order valence-electron chi connectivity index (χ3n) is 4.16. The Morgan fingerprint density at radius 2 is 2.09 bits per heavy atom. The molecule has 4 nitrogen and oxygen atoms in total. The fourth-order valence-corrected chi connectivity index (χ4v) is 4.95. The summed E-state index contributed by atoms with van der Waals surface area (Å²) in [5, 5.41) is 3.24. The van der Waals surface area contributed by atoms with Gasteiger partial charge in [0.15, 0.2) is 5.13 Å². The highest BCUT2D eigenvalue weighted by atomic mass is 32.2. The zero-order valence-electron chi connectivity index (χ0n) is 13.6. The number of anilines is 1. The topological polar surface area (TPSA) is 36.4 Å². The molecular weight excluding hydrogens is 326 g/mol. The maximum atomic E-state index is 12.3. The normalized spacial score (nSPS) is 20.6. The molecule has 124 valence electrons. The van der Waals surface area contributed by atoms with Crippen LogP contribution in [0.25, 0.3) is 0 Å². The second-order valence-electron chi connectivity index (χ2n) is 5.98. The minimum Gasteiger partial charge on any atom is -0.343 e. The first kappa shape index (κ1) is 16.6. The molecule has 6 heteroatoms. The number of piperazine rings is 1. The molecule has 2 heterocycles. The van der Waals surface area contributed by atoms with E-state index in [2.05, 4.69) is 27.1 Å². The van der Waals surface area contributed by atoms with Crippen molar-refractivity contribution in [3.63, 3.8) is 0 Å². The summed E-state index contributed by atoms with van der Waals surface area (Å²) in [5.74, 6) is 0.701. The van der Waals surface area contributed by atoms with Crippen LogP contribution in [0.15, 0.2) is 40.6 Å². The molecule has 0 bridgehead atoms. The van der Waals surface area contributed by atoms with Crippen LogP contribution in [0.3, 0.4) is 0 Å². The summed E-state index contributed by atoms with van der Waals surface area (Å²) >= 11 is 1.72. The van der Waals surface area contributed by atoms with Gasteiger partial charge in [0, 0.05) is 48.2 Å². The Hall–Kier alpha value is -1.24. The van der Waals surface area contributed by atoms with Crippen LogP contribution in [-0.2, 0) is 10.8 Å². The van der Waals surface area contributed by atoms with Gasteiger partial charge in [-0.1, -0.05) is 18.2 Å². The van der Waals surface area contributed by atoms with Crippen LogP contribution < -0.4 is 4.90 Å². The second kappa shape index (κ2) is 7.55. The lowest BCUT2D eigenvalue weighted by Gasteiger charge is -2.39. The molecule has 0 radical (unpaired) electrons. The van der Waals surface area contributed by atoms with Crippen LogP contribution in [-0.4, -0.2) is 52.1 Å². The SMILES string of the molecule is Cc1csc(N2CCN(CC[S@@](=O)c3ccccc3)C[C@@H]2C)n1. The van der Waals surface area contributed by atoms with Gasteiger partial charge in [0.25, 0.3) is 0 Å². The lowest BCUT2D eigenvalue weighted by atomic mass is 10.2. The summed E-state index contributed by atoms with van der Waals surface area (Å²) in [5.41, 5.74) is 1.10. The Morgan fingerprint density at radius 1 is 1.30 bits per heavy atom. The first-order valence-corrected chi connectivity index (χ1v) is 10.2. The molecule has 23 heavy (non-hydrogen) atoms. The number of rotatable bonds is 5. The van der Waals surface area contributed by atoms with Crippen molar-refractivity contribution in [2.24, 2.45) is 0 Å². The summed E-state index contributed by atoms with van der Waals surface area (Å²) in [6.45, 7) is 8.18. The number of nitrogens with zero attached hydrogens (tertiary/aromatic N) is 3. The molecule has 1 fully saturated rings. The molecule has 2 atom stereocenters. The minimum absolute atomic E-state index is 0.444. The van der Waals surface area contributed by atoms with Gasteiger partial charge in [-0.3, -0.25) is 9.11 Å². The quantitative estimate of drug-likeness (QED) is 0.832. The van der Waals surface area contributed by atoms with Crippen molar-refractivity contribution in [2.75, 3.05) is 36.8 Å². The van der Waals surface area contributed by atoms with Gasteiger partial charge in [-0.25, -0.2) is 4.98 Å². The van der Waals surface area contributed by atoms with E-state index < -0.39 is 10.8 Å². The summed E-state index contributed by atoms with van der Waals surface area (Å²) in [6.07, 6.45) is 0. The van der Waals surface area contributed by atoms with Crippen molar-refractivity contribution >= 4 is 27.3 Å². The second-order valence-corrected chi connectivity index (χ2v) is 8.38. The van der Waals surface area contributed by atoms with Gasteiger partial charge in [-0.2, -0.15) is 0 Å². The summed E-state index contributed by atoms with van der Waals surface area (Å²) in [6, 6.07) is 10.2. The molecule has 0 saturated carbocycles. The minimum atomic E-state index is -0.903. The predicted molar refractivity (Wildman–Crippen MR) is 97.8 cm³/mol. The Kier molecular flexibility index (Phi) is 5.46. The van der Waals surface area contributed by atoms with Gasteiger partial charge in [0.05, 0.1) is 16.5 Å². The highest BCUT2D eigenvalue weighted by Gasteiger charge is 2.25. The fraction of sp³-hybridized carbons (Fsp3) is 0.471. The van der Waals surface area contributed by atoms with Gasteiger partial charge < -0.3 is 4.90 Å². The molecule has 0 spiro atoms. The van der Waals surface area contributed by atoms with Crippen LogP contribution >= 0.6 is 11.3 Å². The highest BCUT2D eigenvalue weighted by molar-refractivity contribution is 7.85. The Bertz CT molecular complexity index is 659. The Morgan fingerprint density at radius 3 is 2.74 bits per heavy atom. The third-order valence-corrected chi connectivity index (χ3v) is 6.51. The van der Waals surface area contributed by atoms with E-state index >= 15 is 0 Å². The van der Waals surface area contributed by atoms with E-state index in [4.69, 9.17) is 0 Å². The van der Waals surface area contributed by atoms with Crippen LogP contribution in [0.5, 0.6) is 0 Å². The fourth-order valence-electron chi connectivity index (χ4n) is 2.90. The lowest BCUT2D eigenvalue weighted by molar-refractivity contribution is 0.241. The van der Waals surface area contributed by atoms with Crippen LogP contribution in [0.1, 0.15) is 12.6 Å². The molecule has 3 rings (SSSR count). The maximum Gasteiger partial charge on any atom is 0.185 e. The molecule has 0 amide bonds. The van der Waals surface area contributed by atoms with Crippen molar-refractivity contribution in [1.82, 2.24) is 9.88 Å². The van der Waals surface area contributed by atoms with Gasteiger partial charge in [0.2, 0.25) is 0 Å². The van der Waals surface area contributed by atoms with E-state index in [1.165, 1.54) is 0 Å². The van der Waals surface area contributed by atoms with E-state index in [-0.39, 0.29) is 0 Å². The van der Waals surface area contributed by atoms with Gasteiger partial charge in [0.1, 0.15) is 0 Å². The Balaban J connectivity index is 1.51. The third kappa shape index (κ3) is 4.19. The summed E-state index contributed by atoms with van der Waals surface area (Å²) < 4.78 is 12.3. The van der Waals surface area contributed by atoms with E-state index in [0.29, 0.717) is 11.8 Å². The van der Waals surface area contributed by atoms with Crippen molar-refractivity contribution in [3.8, 4) is 0 Å². The largest absolute Gasteiger partial charge is 0.343 e. The number of thiazole rings is 1. The zero-order chi connectivity index (χ0) is 16.2. The van der Waals surface area contributed by atoms with E-state index in [1.807, 2.05) is 37.3 Å². The average Bonchev–Trinajstić information content (AvgIpc) is 2.99. The molecular formula is C17H23N3OS2. The van der Waals surface area contributed by atoms with Gasteiger partial charge in [-0.15, -0.1) is 11.3 Å². The van der Waals surface area contributed by atoms with E-state index in [1.54, 1.807) is 11.3 Å². The smallest absolute Gasteiger partial charge is 0.185 e. The molecule has 2 aromatic rings. The number of aromatic nitrogens is 1. The monoisotopic (exact) mass is 349 g/mol. The van der Waals surface area contributed by atoms with Gasteiger partial charge in [-0.05, 0) is 26.0 Å². The number of benzene rings is 1. The van der Waals surface area contributed by atoms with E-state index in [9.17, 15) is 4.21 Å². The molecule has 1 aliphatic rings. The molecule has 1 aromatic carbocycles. The van der Waals surface area contributed by atoms with Crippen molar-refractivity contribution in [1.29, 1.82) is 0 Å². The molecule has 0 unspecified atom stereocenters. The predicted octanol–water partition coefficient (Wildman–Crippen LogP) is 2.77. The van der Waals surface area contributed by atoms with Crippen molar-refractivity contribution < 1.29 is 4.21 Å². The van der Waals surface area contributed by atoms with Gasteiger partial charge >= 0.3 is 0 Å². The van der Waals surface area contributed by atoms with Crippen LogP contribution in [0, 0.1) is 6.92 Å². The highest BCUT2D eigenvalue weighted by Crippen LogP contribution is 2.24. The van der Waals surface area contributed by atoms with E-state index in [0.717, 1.165) is 41.9 Å². The van der Waals surface area contributed by atoms with Crippen molar-refractivity contribution in [3.05, 3.63) is 41.4 Å². The standard InChI is InChI=1S/C17H23N3OS2/c1-14-13-22-17(18-14)20-9-8-19(12-15(20)2)10-11-23(21)16-6-4-3-5-7-16/h3-7,13,15H,8-12H2,1-2H3/t15-,23+/m0/s1. The molecule has 0 aliphatic carbocycles. The molecule has 0 N–H and O–H groups in total. The number of hydrogen-bond donors (Lipinski definition) is 0. The molecule has 1 aromatic heterocycles. The maximum absolute atomic E-state index is 12.3. The number of hydrogen-bond acceptors (Lipinski definition) is 5. The zero-order valence-corrected chi connectivity index (χ0v) is 15.3. The van der Waals surface area contributed by atoms with Crippen molar-refractivity contribution in [2.45, 2.75) is 24.8 Å². The Labute approximate surface area is 144 Å². The average molecular weight is 350 g/mol. The van der Waals surface area contributed by atoms with Crippen LogP contribution in [0.4, 0.5) is 5.13 Å². The first-order chi connectivity index (χ1) is 11.1. The first-order valence-electron chi connectivity index (χ1n) is 7.98. The number of aryl methyl sites for hydroxylation is 1. The molecule has 1 saturated heterocycles. The summed E-state index contributed by atoms with van der Waals surface area (Å²) in [4.78, 5) is 10.3.